The van der Waals surface area contributed by atoms with E-state index >= 15 is 0 Å². The van der Waals surface area contributed by atoms with Gasteiger partial charge in [0, 0.05) is 18.4 Å². The quantitative estimate of drug-likeness (QED) is 0.816. The van der Waals surface area contributed by atoms with Crippen molar-refractivity contribution in [2.24, 2.45) is 5.92 Å². The molecule has 1 aliphatic heterocycles. The number of sulfone groups is 1. The first-order chi connectivity index (χ1) is 10.6. The Balaban J connectivity index is 1.83. The largest absolute Gasteiger partial charge is 0.461 e. The Labute approximate surface area is 129 Å². The van der Waals surface area contributed by atoms with Crippen molar-refractivity contribution < 1.29 is 12.8 Å². The highest BCUT2D eigenvalue weighted by Gasteiger charge is 2.24. The van der Waals surface area contributed by atoms with Gasteiger partial charge in [-0.05, 0) is 24.5 Å². The van der Waals surface area contributed by atoms with Crippen LogP contribution in [0.1, 0.15) is 25.6 Å². The van der Waals surface area contributed by atoms with Gasteiger partial charge in [-0.15, -0.1) is 5.10 Å². The SMILES string of the molecule is CCCCn1nc(-c2ccco2)nc1CC1C=CS(=O)(=O)C1. The summed E-state index contributed by atoms with van der Waals surface area (Å²) in [6.07, 6.45) is 5.99. The zero-order valence-electron chi connectivity index (χ0n) is 12.5. The number of hydrogen-bond donors (Lipinski definition) is 0. The highest BCUT2D eigenvalue weighted by molar-refractivity contribution is 7.94. The van der Waals surface area contributed by atoms with Gasteiger partial charge < -0.3 is 4.42 Å². The molecule has 3 heterocycles. The normalized spacial score (nSPS) is 19.8. The number of aromatic nitrogens is 3. The molecule has 0 radical (unpaired) electrons. The molecular weight excluding hydrogens is 302 g/mol. The van der Waals surface area contributed by atoms with E-state index in [4.69, 9.17) is 4.42 Å². The molecule has 0 bridgehead atoms. The Morgan fingerprint density at radius 1 is 1.45 bits per heavy atom. The van der Waals surface area contributed by atoms with Gasteiger partial charge in [-0.1, -0.05) is 19.4 Å². The van der Waals surface area contributed by atoms with Crippen LogP contribution >= 0.6 is 0 Å². The van der Waals surface area contributed by atoms with Gasteiger partial charge in [0.25, 0.3) is 0 Å². The summed E-state index contributed by atoms with van der Waals surface area (Å²) in [5, 5.41) is 5.81. The molecule has 2 aromatic rings. The predicted octanol–water partition coefficient (Wildman–Crippen LogP) is 2.44. The van der Waals surface area contributed by atoms with Gasteiger partial charge in [0.05, 0.1) is 12.0 Å². The summed E-state index contributed by atoms with van der Waals surface area (Å²) in [7, 11) is -3.04. The maximum absolute atomic E-state index is 11.5. The summed E-state index contributed by atoms with van der Waals surface area (Å²) in [4.78, 5) is 4.55. The monoisotopic (exact) mass is 321 g/mol. The Hall–Kier alpha value is -1.89. The first-order valence-corrected chi connectivity index (χ1v) is 9.17. The van der Waals surface area contributed by atoms with Crippen LogP contribution in [-0.2, 0) is 22.8 Å². The summed E-state index contributed by atoms with van der Waals surface area (Å²) >= 11 is 0. The van der Waals surface area contributed by atoms with Crippen LogP contribution in [0.2, 0.25) is 0 Å². The molecule has 2 aromatic heterocycles. The van der Waals surface area contributed by atoms with Crippen LogP contribution in [0.3, 0.4) is 0 Å². The third-order valence-corrected chi connectivity index (χ3v) is 5.13. The van der Waals surface area contributed by atoms with E-state index in [9.17, 15) is 8.42 Å². The first-order valence-electron chi connectivity index (χ1n) is 7.46. The van der Waals surface area contributed by atoms with Crippen molar-refractivity contribution in [2.45, 2.75) is 32.7 Å². The molecule has 0 saturated heterocycles. The lowest BCUT2D eigenvalue weighted by atomic mass is 10.1. The topological polar surface area (TPSA) is 78.0 Å². The molecule has 7 heteroatoms. The predicted molar refractivity (Wildman–Crippen MR) is 82.8 cm³/mol. The standard InChI is InChI=1S/C15H19N3O3S/c1-2-3-7-18-14(10-12-6-9-22(19,20)11-12)16-15(17-18)13-5-4-8-21-13/h4-6,8-9,12H,2-3,7,10-11H2,1H3. The highest BCUT2D eigenvalue weighted by atomic mass is 32.2. The molecular formula is C15H19N3O3S. The number of hydrogen-bond acceptors (Lipinski definition) is 5. The van der Waals surface area contributed by atoms with Crippen LogP contribution in [-0.4, -0.2) is 28.9 Å². The molecule has 0 spiro atoms. The number of allylic oxidation sites excluding steroid dienone is 1. The Morgan fingerprint density at radius 2 is 2.32 bits per heavy atom. The fourth-order valence-electron chi connectivity index (χ4n) is 2.52. The molecule has 22 heavy (non-hydrogen) atoms. The minimum absolute atomic E-state index is 0.0287. The fraction of sp³-hybridized carbons (Fsp3) is 0.467. The average molecular weight is 321 g/mol. The van der Waals surface area contributed by atoms with E-state index < -0.39 is 9.84 Å². The molecule has 0 amide bonds. The lowest BCUT2D eigenvalue weighted by molar-refractivity contribution is 0.525. The van der Waals surface area contributed by atoms with Crippen LogP contribution in [0.5, 0.6) is 0 Å². The van der Waals surface area contributed by atoms with Crippen LogP contribution in [0.4, 0.5) is 0 Å². The van der Waals surface area contributed by atoms with E-state index in [1.807, 2.05) is 10.7 Å². The molecule has 1 unspecified atom stereocenters. The average Bonchev–Trinajstić information content (AvgIpc) is 3.17. The summed E-state index contributed by atoms with van der Waals surface area (Å²) in [5.74, 6) is 2.13. The molecule has 6 nitrogen and oxygen atoms in total. The Morgan fingerprint density at radius 3 is 2.95 bits per heavy atom. The van der Waals surface area contributed by atoms with Gasteiger partial charge in [-0.2, -0.15) is 0 Å². The van der Waals surface area contributed by atoms with Gasteiger partial charge in [-0.25, -0.2) is 18.1 Å². The van der Waals surface area contributed by atoms with Gasteiger partial charge in [-0.3, -0.25) is 0 Å². The van der Waals surface area contributed by atoms with Crippen LogP contribution < -0.4 is 0 Å². The minimum Gasteiger partial charge on any atom is -0.461 e. The van der Waals surface area contributed by atoms with E-state index in [1.165, 1.54) is 5.41 Å². The highest BCUT2D eigenvalue weighted by Crippen LogP contribution is 2.22. The minimum atomic E-state index is -3.04. The molecule has 0 aliphatic carbocycles. The summed E-state index contributed by atoms with van der Waals surface area (Å²) < 4.78 is 30.3. The van der Waals surface area contributed by atoms with Crippen molar-refractivity contribution >= 4 is 9.84 Å². The van der Waals surface area contributed by atoms with Gasteiger partial charge in [0.1, 0.15) is 5.82 Å². The Bertz CT molecular complexity index is 760. The summed E-state index contributed by atoms with van der Waals surface area (Å²) in [5.41, 5.74) is 0. The molecule has 0 aromatic carbocycles. The third-order valence-electron chi connectivity index (χ3n) is 3.66. The zero-order valence-corrected chi connectivity index (χ0v) is 13.3. The number of aryl methyl sites for hydroxylation is 1. The van der Waals surface area contributed by atoms with Crippen molar-refractivity contribution in [3.63, 3.8) is 0 Å². The van der Waals surface area contributed by atoms with Crippen molar-refractivity contribution in [3.8, 4) is 11.6 Å². The maximum atomic E-state index is 11.5. The van der Waals surface area contributed by atoms with Crippen molar-refractivity contribution in [2.75, 3.05) is 5.75 Å². The molecule has 3 rings (SSSR count). The fourth-order valence-corrected chi connectivity index (χ4v) is 3.92. The third kappa shape index (κ3) is 3.30. The molecule has 1 atom stereocenters. The van der Waals surface area contributed by atoms with Gasteiger partial charge in [0.2, 0.25) is 5.82 Å². The van der Waals surface area contributed by atoms with Crippen molar-refractivity contribution in [3.05, 3.63) is 35.7 Å². The molecule has 118 valence electrons. The molecule has 0 saturated carbocycles. The van der Waals surface area contributed by atoms with Gasteiger partial charge >= 0.3 is 0 Å². The van der Waals surface area contributed by atoms with Crippen LogP contribution in [0.15, 0.2) is 34.3 Å². The smallest absolute Gasteiger partial charge is 0.217 e. The zero-order chi connectivity index (χ0) is 15.6. The lowest BCUT2D eigenvalue weighted by Crippen LogP contribution is -2.13. The number of rotatable bonds is 6. The molecule has 0 N–H and O–H groups in total. The van der Waals surface area contributed by atoms with E-state index in [2.05, 4.69) is 17.0 Å². The van der Waals surface area contributed by atoms with Crippen molar-refractivity contribution in [1.82, 2.24) is 14.8 Å². The second-order valence-corrected chi connectivity index (χ2v) is 7.46. The van der Waals surface area contributed by atoms with E-state index in [0.29, 0.717) is 18.0 Å². The molecule has 0 fully saturated rings. The van der Waals surface area contributed by atoms with Crippen LogP contribution in [0.25, 0.3) is 11.6 Å². The first kappa shape index (κ1) is 15.0. The van der Waals surface area contributed by atoms with E-state index in [1.54, 1.807) is 18.4 Å². The number of nitrogens with zero attached hydrogens (tertiary/aromatic N) is 3. The summed E-state index contributed by atoms with van der Waals surface area (Å²) in [6.45, 7) is 2.90. The number of furan rings is 1. The lowest BCUT2D eigenvalue weighted by Gasteiger charge is -2.08. The van der Waals surface area contributed by atoms with Crippen molar-refractivity contribution in [1.29, 1.82) is 0 Å². The van der Waals surface area contributed by atoms with Gasteiger partial charge in [0.15, 0.2) is 15.6 Å². The molecule has 1 aliphatic rings. The second-order valence-electron chi connectivity index (χ2n) is 5.53. The van der Waals surface area contributed by atoms with E-state index in [0.717, 1.165) is 25.2 Å². The van der Waals surface area contributed by atoms with E-state index in [-0.39, 0.29) is 11.7 Å². The second kappa shape index (κ2) is 6.08. The maximum Gasteiger partial charge on any atom is 0.217 e. The number of unbranched alkanes of at least 4 members (excludes halogenated alkanes) is 1. The Kier molecular flexibility index (Phi) is 4.15. The summed E-state index contributed by atoms with van der Waals surface area (Å²) in [6, 6.07) is 3.62. The van der Waals surface area contributed by atoms with Crippen LogP contribution in [0, 0.1) is 5.92 Å².